The first kappa shape index (κ1) is 29.1. The van der Waals surface area contributed by atoms with Gasteiger partial charge in [-0.15, -0.1) is 0 Å². The van der Waals surface area contributed by atoms with Crippen molar-refractivity contribution < 1.29 is 14.1 Å². The minimum absolute atomic E-state index is 0.0134. The fourth-order valence-corrected chi connectivity index (χ4v) is 3.53. The maximum Gasteiger partial charge on any atom is 0.260 e. The highest BCUT2D eigenvalue weighted by Crippen LogP contribution is 2.25. The summed E-state index contributed by atoms with van der Waals surface area (Å²) in [5.74, 6) is -0.207. The lowest BCUT2D eigenvalue weighted by Crippen LogP contribution is -2.40. The van der Waals surface area contributed by atoms with Crippen LogP contribution in [0.25, 0.3) is 11.5 Å². The number of carbonyl (C=O) groups is 2. The second-order valence-corrected chi connectivity index (χ2v) is 9.81. The number of nitrogens with two attached hydrogens (primary N) is 1. The van der Waals surface area contributed by atoms with Gasteiger partial charge in [0, 0.05) is 41.0 Å². The van der Waals surface area contributed by atoms with E-state index in [1.54, 1.807) is 18.2 Å². The number of halogens is 4. The Morgan fingerprint density at radius 3 is 2.26 bits per heavy atom. The van der Waals surface area contributed by atoms with Crippen molar-refractivity contribution in [2.45, 2.75) is 38.1 Å². The number of nitrogens with zero attached hydrogens (tertiary/aromatic N) is 3. The van der Waals surface area contributed by atoms with Gasteiger partial charge in [0.25, 0.3) is 5.91 Å². The summed E-state index contributed by atoms with van der Waals surface area (Å²) in [4.78, 5) is 28.9. The van der Waals surface area contributed by atoms with Crippen LogP contribution >= 0.6 is 46.4 Å². The van der Waals surface area contributed by atoms with Crippen molar-refractivity contribution >= 4 is 63.8 Å². The van der Waals surface area contributed by atoms with Gasteiger partial charge in [-0.1, -0.05) is 71.5 Å². The molecule has 35 heavy (non-hydrogen) atoms. The third-order valence-corrected chi connectivity index (χ3v) is 6.26. The number of alkyl halides is 2. The van der Waals surface area contributed by atoms with E-state index >= 15 is 0 Å². The molecule has 7 nitrogen and oxygen atoms in total. The summed E-state index contributed by atoms with van der Waals surface area (Å²) in [6.45, 7) is 5.73. The van der Waals surface area contributed by atoms with Gasteiger partial charge in [-0.3, -0.25) is 14.6 Å². The van der Waals surface area contributed by atoms with E-state index in [0.717, 1.165) is 15.6 Å². The molecule has 0 spiro atoms. The largest absolute Gasteiger partial charge is 0.355 e. The summed E-state index contributed by atoms with van der Waals surface area (Å²) in [7, 11) is 0. The van der Waals surface area contributed by atoms with Gasteiger partial charge >= 0.3 is 0 Å². The van der Waals surface area contributed by atoms with Crippen molar-refractivity contribution in [2.24, 2.45) is 11.7 Å². The van der Waals surface area contributed by atoms with E-state index < -0.39 is 16.8 Å². The van der Waals surface area contributed by atoms with E-state index in [2.05, 4.69) is 10.1 Å². The Morgan fingerprint density at radius 1 is 1.09 bits per heavy atom. The second kappa shape index (κ2) is 13.8. The molecule has 1 aromatic carbocycles. The maximum atomic E-state index is 12.4. The van der Waals surface area contributed by atoms with Crippen molar-refractivity contribution in [2.75, 3.05) is 11.4 Å². The maximum absolute atomic E-state index is 12.4. The molecule has 0 aliphatic rings. The molecule has 0 aliphatic carbocycles. The molecule has 3 aromatic rings. The highest BCUT2D eigenvalue weighted by molar-refractivity contribution is 6.54. The van der Waals surface area contributed by atoms with Crippen LogP contribution in [0.1, 0.15) is 25.8 Å². The highest BCUT2D eigenvalue weighted by Gasteiger charge is 2.25. The van der Waals surface area contributed by atoms with Gasteiger partial charge in [-0.2, -0.15) is 0 Å². The van der Waals surface area contributed by atoms with Crippen LogP contribution in [0.4, 0.5) is 5.69 Å². The van der Waals surface area contributed by atoms with Crippen molar-refractivity contribution in [3.8, 4) is 11.5 Å². The summed E-state index contributed by atoms with van der Waals surface area (Å²) in [5.41, 5.74) is 7.80. The number of Topliss-reactive ketones (excluding diaryl/α,β-unsaturated/α-hetero) is 1. The molecule has 0 bridgehead atoms. The average molecular weight is 560 g/mol. The number of hydrogen-bond donors (Lipinski definition) is 1. The SMILES string of the molecule is CC(C)C(N)C(=O)CCN(C(=O)C(Cl)Cl)c1ccnc(-c2ccno2)c1.Cc1c(Cl)cccc1Cl. The monoisotopic (exact) mass is 558 g/mol. The molecule has 2 N–H and O–H groups in total. The molecule has 0 fully saturated rings. The molecule has 0 aliphatic heterocycles. The van der Waals surface area contributed by atoms with Crippen molar-refractivity contribution in [3.63, 3.8) is 0 Å². The number of aromatic nitrogens is 2. The van der Waals surface area contributed by atoms with Crippen LogP contribution in [0.3, 0.4) is 0 Å². The number of pyridine rings is 1. The molecule has 1 unspecified atom stereocenters. The number of benzene rings is 1. The zero-order valence-corrected chi connectivity index (χ0v) is 22.4. The predicted octanol–water partition coefficient (Wildman–Crippen LogP) is 6.12. The van der Waals surface area contributed by atoms with E-state index in [1.165, 1.54) is 17.3 Å². The zero-order chi connectivity index (χ0) is 26.1. The van der Waals surface area contributed by atoms with Crippen LogP contribution in [-0.4, -0.2) is 39.3 Å². The van der Waals surface area contributed by atoms with E-state index in [9.17, 15) is 9.59 Å². The molecule has 188 valence electrons. The molecule has 0 saturated heterocycles. The quantitative estimate of drug-likeness (QED) is 0.334. The van der Waals surface area contributed by atoms with E-state index in [4.69, 9.17) is 56.7 Å². The topological polar surface area (TPSA) is 102 Å². The summed E-state index contributed by atoms with van der Waals surface area (Å²) in [6.07, 6.45) is 3.10. The standard InChI is InChI=1S/C17H20Cl2N4O3.C7H6Cl2/c1-10(2)15(20)13(24)5-8-23(17(25)16(18)19)11-3-6-21-12(9-11)14-4-7-22-26-14;1-5-6(8)3-2-4-7(5)9/h3-4,6-7,9-10,15-16H,5,8,20H2,1-2H3;2-4H,1H3. The Bertz CT molecular complexity index is 1100. The van der Waals surface area contributed by atoms with Crippen LogP contribution in [0, 0.1) is 12.8 Å². The number of ketones is 1. The Kier molecular flexibility index (Phi) is 11.5. The van der Waals surface area contributed by atoms with Crippen molar-refractivity contribution in [1.29, 1.82) is 0 Å². The normalized spacial score (nSPS) is 11.7. The summed E-state index contributed by atoms with van der Waals surface area (Å²) in [5, 5.41) is 5.08. The Balaban J connectivity index is 0.000000402. The van der Waals surface area contributed by atoms with Crippen LogP contribution in [0.5, 0.6) is 0 Å². The first-order chi connectivity index (χ1) is 16.5. The van der Waals surface area contributed by atoms with Crippen LogP contribution in [0.2, 0.25) is 10.0 Å². The smallest absolute Gasteiger partial charge is 0.260 e. The lowest BCUT2D eigenvalue weighted by molar-refractivity contribution is -0.121. The van der Waals surface area contributed by atoms with Gasteiger partial charge in [0.2, 0.25) is 0 Å². The molecule has 1 amide bonds. The van der Waals surface area contributed by atoms with Gasteiger partial charge in [0.05, 0.1) is 12.2 Å². The molecule has 11 heteroatoms. The average Bonchev–Trinajstić information content (AvgIpc) is 3.37. The zero-order valence-electron chi connectivity index (χ0n) is 19.4. The van der Waals surface area contributed by atoms with E-state index in [1.807, 2.05) is 39.0 Å². The molecule has 0 saturated carbocycles. The molecule has 1 atom stereocenters. The Morgan fingerprint density at radius 2 is 1.74 bits per heavy atom. The lowest BCUT2D eigenvalue weighted by Gasteiger charge is -2.24. The van der Waals surface area contributed by atoms with Gasteiger partial charge in [0.1, 0.15) is 5.69 Å². The Labute approximate surface area is 224 Å². The number of amides is 1. The molecule has 2 heterocycles. The Hall–Kier alpha value is -2.16. The third-order valence-electron chi connectivity index (χ3n) is 5.07. The molecular formula is C24H26Cl4N4O3. The van der Waals surface area contributed by atoms with Crippen molar-refractivity contribution in [1.82, 2.24) is 10.1 Å². The van der Waals surface area contributed by atoms with Crippen LogP contribution in [-0.2, 0) is 9.59 Å². The number of rotatable bonds is 8. The summed E-state index contributed by atoms with van der Waals surface area (Å²) in [6, 6.07) is 9.80. The second-order valence-electron chi connectivity index (χ2n) is 7.90. The molecule has 3 rings (SSSR count). The summed E-state index contributed by atoms with van der Waals surface area (Å²) < 4.78 is 5.08. The number of hydrogen-bond acceptors (Lipinski definition) is 6. The minimum atomic E-state index is -1.26. The van der Waals surface area contributed by atoms with E-state index in [0.29, 0.717) is 17.1 Å². The molecule has 2 aromatic heterocycles. The summed E-state index contributed by atoms with van der Waals surface area (Å²) >= 11 is 23.0. The third kappa shape index (κ3) is 8.47. The number of carbonyl (C=O) groups excluding carboxylic acids is 2. The van der Waals surface area contributed by atoms with Gasteiger partial charge in [-0.25, -0.2) is 0 Å². The number of anilines is 1. The van der Waals surface area contributed by atoms with Gasteiger partial charge < -0.3 is 15.2 Å². The molecular weight excluding hydrogens is 534 g/mol. The van der Waals surface area contributed by atoms with Crippen LogP contribution in [0.15, 0.2) is 53.3 Å². The highest BCUT2D eigenvalue weighted by atomic mass is 35.5. The van der Waals surface area contributed by atoms with Crippen LogP contribution < -0.4 is 10.6 Å². The fraction of sp³-hybridized carbons (Fsp3) is 0.333. The van der Waals surface area contributed by atoms with E-state index in [-0.39, 0.29) is 24.7 Å². The first-order valence-electron chi connectivity index (χ1n) is 10.7. The fourth-order valence-electron chi connectivity index (χ4n) is 2.90. The van der Waals surface area contributed by atoms with Gasteiger partial charge in [-0.05, 0) is 42.7 Å². The molecule has 0 radical (unpaired) electrons. The lowest BCUT2D eigenvalue weighted by atomic mass is 9.99. The minimum Gasteiger partial charge on any atom is -0.355 e. The predicted molar refractivity (Wildman–Crippen MR) is 141 cm³/mol. The van der Waals surface area contributed by atoms with Gasteiger partial charge in [0.15, 0.2) is 16.4 Å². The van der Waals surface area contributed by atoms with Crippen molar-refractivity contribution in [3.05, 3.63) is 64.4 Å². The first-order valence-corrected chi connectivity index (χ1v) is 12.3.